The molecule has 164 valence electrons. The fraction of sp³-hybridized carbons (Fsp3) is 0.286. The molecule has 0 aliphatic rings. The van der Waals surface area contributed by atoms with E-state index >= 15 is 0 Å². The second kappa shape index (κ2) is 9.71. The van der Waals surface area contributed by atoms with Crippen molar-refractivity contribution in [2.24, 2.45) is 0 Å². The lowest BCUT2D eigenvalue weighted by molar-refractivity contribution is -0.125. The number of fused-ring (bicyclic) bond motifs is 1. The van der Waals surface area contributed by atoms with Gasteiger partial charge < -0.3 is 15.2 Å². The normalized spacial score (nSPS) is 11.4. The van der Waals surface area contributed by atoms with Crippen molar-refractivity contribution in [3.05, 3.63) is 59.9 Å². The molecular formula is C21H25N5O4S. The maximum atomic E-state index is 12.2. The first-order valence-corrected chi connectivity index (χ1v) is 11.3. The fourth-order valence-corrected chi connectivity index (χ4v) is 4.03. The van der Waals surface area contributed by atoms with Crippen LogP contribution in [0.5, 0.6) is 0 Å². The number of aromatic nitrogens is 2. The molecule has 0 spiro atoms. The highest BCUT2D eigenvalue weighted by Gasteiger charge is 2.15. The van der Waals surface area contributed by atoms with Crippen LogP contribution >= 0.6 is 0 Å². The zero-order valence-corrected chi connectivity index (χ0v) is 18.2. The first kappa shape index (κ1) is 22.4. The molecule has 2 aromatic carbocycles. The minimum Gasteiger partial charge on any atom is -0.353 e. The van der Waals surface area contributed by atoms with Crippen LogP contribution in [0.1, 0.15) is 11.4 Å². The van der Waals surface area contributed by atoms with Crippen molar-refractivity contribution in [1.82, 2.24) is 24.9 Å². The van der Waals surface area contributed by atoms with Crippen molar-refractivity contribution >= 4 is 32.9 Å². The third-order valence-electron chi connectivity index (χ3n) is 4.70. The Labute approximate surface area is 180 Å². The Hall–Kier alpha value is -3.24. The summed E-state index contributed by atoms with van der Waals surface area (Å²) in [5.74, 6) is -0.108. The van der Waals surface area contributed by atoms with Crippen molar-refractivity contribution in [2.75, 3.05) is 19.6 Å². The van der Waals surface area contributed by atoms with Gasteiger partial charge in [0.15, 0.2) is 0 Å². The molecule has 10 heteroatoms. The molecule has 9 nitrogen and oxygen atoms in total. The smallest absolute Gasteiger partial charge is 0.241 e. The molecule has 0 saturated carbocycles. The van der Waals surface area contributed by atoms with Gasteiger partial charge >= 0.3 is 0 Å². The highest BCUT2D eigenvalue weighted by atomic mass is 32.2. The zero-order chi connectivity index (χ0) is 22.4. The molecular weight excluding hydrogens is 418 g/mol. The zero-order valence-electron chi connectivity index (χ0n) is 17.4. The van der Waals surface area contributed by atoms with Gasteiger partial charge in [-0.3, -0.25) is 9.59 Å². The van der Waals surface area contributed by atoms with Gasteiger partial charge in [-0.1, -0.05) is 29.8 Å². The number of benzene rings is 2. The van der Waals surface area contributed by atoms with E-state index in [4.69, 9.17) is 0 Å². The molecule has 0 aliphatic carbocycles. The SMILES string of the molecule is Cc1ccc(S(=O)(=O)NCC(=O)NCC(=O)NCCn2c(C)nc3ccccc32)cc1. The standard InChI is InChI=1S/C21H25N5O4S/c1-15-7-9-17(10-8-15)31(29,30)24-14-21(28)23-13-20(27)22-11-12-26-16(2)25-18-5-3-4-6-19(18)26/h3-10,24H,11-14H2,1-2H3,(H,22,27)(H,23,28). The van der Waals surface area contributed by atoms with Crippen LogP contribution in [0.2, 0.25) is 0 Å². The Morgan fingerprint density at radius 3 is 2.35 bits per heavy atom. The Bertz CT molecular complexity index is 1190. The lowest BCUT2D eigenvalue weighted by atomic mass is 10.2. The maximum Gasteiger partial charge on any atom is 0.241 e. The van der Waals surface area contributed by atoms with Gasteiger partial charge in [-0.15, -0.1) is 0 Å². The van der Waals surface area contributed by atoms with Crippen molar-refractivity contribution in [2.45, 2.75) is 25.3 Å². The molecule has 2 amide bonds. The van der Waals surface area contributed by atoms with Gasteiger partial charge in [0.2, 0.25) is 21.8 Å². The molecule has 0 fully saturated rings. The summed E-state index contributed by atoms with van der Waals surface area (Å²) in [4.78, 5) is 28.4. The van der Waals surface area contributed by atoms with Crippen LogP contribution in [-0.4, -0.2) is 49.4 Å². The Morgan fingerprint density at radius 1 is 0.935 bits per heavy atom. The average Bonchev–Trinajstić information content (AvgIpc) is 3.06. The van der Waals surface area contributed by atoms with E-state index in [0.29, 0.717) is 13.1 Å². The molecule has 3 rings (SSSR count). The number of carbonyl (C=O) groups excluding carboxylic acids is 2. The summed E-state index contributed by atoms with van der Waals surface area (Å²) in [6.45, 7) is 3.97. The van der Waals surface area contributed by atoms with E-state index in [1.165, 1.54) is 12.1 Å². The minimum atomic E-state index is -3.79. The topological polar surface area (TPSA) is 122 Å². The number of nitrogens with zero attached hydrogens (tertiary/aromatic N) is 2. The second-order valence-corrected chi connectivity index (χ2v) is 8.83. The van der Waals surface area contributed by atoms with Gasteiger partial charge in [0.25, 0.3) is 0 Å². The van der Waals surface area contributed by atoms with E-state index in [0.717, 1.165) is 22.4 Å². The predicted octanol–water partition coefficient (Wildman–Crippen LogP) is 0.864. The maximum absolute atomic E-state index is 12.2. The van der Waals surface area contributed by atoms with Crippen LogP contribution in [0.25, 0.3) is 11.0 Å². The second-order valence-electron chi connectivity index (χ2n) is 7.06. The highest BCUT2D eigenvalue weighted by molar-refractivity contribution is 7.89. The van der Waals surface area contributed by atoms with Crippen molar-refractivity contribution in [3.8, 4) is 0 Å². The van der Waals surface area contributed by atoms with Gasteiger partial charge in [-0.25, -0.2) is 18.1 Å². The van der Waals surface area contributed by atoms with Gasteiger partial charge in [0.05, 0.1) is 29.0 Å². The molecule has 0 bridgehead atoms. The molecule has 3 aromatic rings. The van der Waals surface area contributed by atoms with Crippen molar-refractivity contribution in [1.29, 1.82) is 0 Å². The number of amides is 2. The largest absolute Gasteiger partial charge is 0.353 e. The number of imidazole rings is 1. The third kappa shape index (κ3) is 5.89. The summed E-state index contributed by atoms with van der Waals surface area (Å²) in [6, 6.07) is 14.0. The first-order chi connectivity index (χ1) is 14.8. The van der Waals surface area contributed by atoms with Crippen LogP contribution in [-0.2, 0) is 26.2 Å². The molecule has 0 aliphatic heterocycles. The van der Waals surface area contributed by atoms with Gasteiger partial charge in [0.1, 0.15) is 5.82 Å². The predicted molar refractivity (Wildman–Crippen MR) is 117 cm³/mol. The summed E-state index contributed by atoms with van der Waals surface area (Å²) in [5, 5.41) is 5.13. The molecule has 31 heavy (non-hydrogen) atoms. The molecule has 0 atom stereocenters. The third-order valence-corrected chi connectivity index (χ3v) is 6.12. The summed E-state index contributed by atoms with van der Waals surface area (Å²) in [6.07, 6.45) is 0. The summed E-state index contributed by atoms with van der Waals surface area (Å²) in [7, 11) is -3.79. The number of carbonyl (C=O) groups is 2. The average molecular weight is 444 g/mol. The Balaban J connectivity index is 1.40. The highest BCUT2D eigenvalue weighted by Crippen LogP contribution is 2.14. The number of para-hydroxylation sites is 2. The van der Waals surface area contributed by atoms with Gasteiger partial charge in [0, 0.05) is 13.1 Å². The van der Waals surface area contributed by atoms with E-state index in [9.17, 15) is 18.0 Å². The summed E-state index contributed by atoms with van der Waals surface area (Å²) in [5.41, 5.74) is 2.81. The van der Waals surface area contributed by atoms with E-state index in [2.05, 4.69) is 20.3 Å². The molecule has 3 N–H and O–H groups in total. The number of sulfonamides is 1. The Morgan fingerprint density at radius 2 is 1.61 bits per heavy atom. The molecule has 0 radical (unpaired) electrons. The summed E-state index contributed by atoms with van der Waals surface area (Å²) < 4.78 is 28.6. The van der Waals surface area contributed by atoms with E-state index in [-0.39, 0.29) is 17.3 Å². The Kier molecular flexibility index (Phi) is 7.03. The number of hydrogen-bond acceptors (Lipinski definition) is 5. The van der Waals surface area contributed by atoms with E-state index in [1.54, 1.807) is 12.1 Å². The number of hydrogen-bond donors (Lipinski definition) is 3. The van der Waals surface area contributed by atoms with Crippen LogP contribution in [0.3, 0.4) is 0 Å². The van der Waals surface area contributed by atoms with Crippen LogP contribution in [0, 0.1) is 13.8 Å². The minimum absolute atomic E-state index is 0.0750. The quantitative estimate of drug-likeness (QED) is 0.453. The lowest BCUT2D eigenvalue weighted by Gasteiger charge is -2.10. The summed E-state index contributed by atoms with van der Waals surface area (Å²) >= 11 is 0. The number of aryl methyl sites for hydroxylation is 2. The van der Waals surface area contributed by atoms with E-state index in [1.807, 2.05) is 42.7 Å². The van der Waals surface area contributed by atoms with Crippen LogP contribution < -0.4 is 15.4 Å². The van der Waals surface area contributed by atoms with Crippen LogP contribution in [0.4, 0.5) is 0 Å². The van der Waals surface area contributed by atoms with Crippen molar-refractivity contribution in [3.63, 3.8) is 0 Å². The molecule has 0 unspecified atom stereocenters. The number of nitrogens with one attached hydrogen (secondary N) is 3. The first-order valence-electron chi connectivity index (χ1n) is 9.78. The molecule has 1 heterocycles. The fourth-order valence-electron chi connectivity index (χ4n) is 3.05. The monoisotopic (exact) mass is 443 g/mol. The van der Waals surface area contributed by atoms with Crippen molar-refractivity contribution < 1.29 is 18.0 Å². The lowest BCUT2D eigenvalue weighted by Crippen LogP contribution is -2.42. The molecule has 0 saturated heterocycles. The van der Waals surface area contributed by atoms with Gasteiger partial charge in [-0.2, -0.15) is 0 Å². The van der Waals surface area contributed by atoms with E-state index < -0.39 is 22.5 Å². The van der Waals surface area contributed by atoms with Gasteiger partial charge in [-0.05, 0) is 38.1 Å². The number of rotatable bonds is 9. The molecule has 1 aromatic heterocycles. The van der Waals surface area contributed by atoms with Crippen LogP contribution in [0.15, 0.2) is 53.4 Å².